The molecule has 0 atom stereocenters. The van der Waals surface area contributed by atoms with Crippen LogP contribution < -0.4 is 10.1 Å². The first-order valence-corrected chi connectivity index (χ1v) is 7.28. The van der Waals surface area contributed by atoms with Crippen molar-refractivity contribution in [3.05, 3.63) is 77.6 Å². The number of nitrogens with one attached hydrogen (secondary N) is 1. The Hall–Kier alpha value is -2.88. The van der Waals surface area contributed by atoms with Crippen LogP contribution in [0.1, 0.15) is 15.9 Å². The molecule has 3 nitrogen and oxygen atoms in total. The smallest absolute Gasteiger partial charge is 0.255 e. The van der Waals surface area contributed by atoms with E-state index in [0.717, 1.165) is 10.8 Å². The molecule has 3 aromatic carbocycles. The van der Waals surface area contributed by atoms with Crippen LogP contribution in [-0.4, -0.2) is 13.0 Å². The minimum absolute atomic E-state index is 0.126. The summed E-state index contributed by atoms with van der Waals surface area (Å²) in [5.41, 5.74) is 0.878. The molecule has 0 aliphatic heterocycles. The monoisotopic (exact) mass is 309 g/mol. The van der Waals surface area contributed by atoms with Crippen molar-refractivity contribution in [1.29, 1.82) is 0 Å². The van der Waals surface area contributed by atoms with Crippen LogP contribution >= 0.6 is 0 Å². The quantitative estimate of drug-likeness (QED) is 0.793. The fraction of sp³-hybridized carbons (Fsp3) is 0.105. The molecule has 0 bridgehead atoms. The van der Waals surface area contributed by atoms with Crippen molar-refractivity contribution in [3.8, 4) is 5.75 Å². The number of rotatable bonds is 4. The number of methoxy groups -OCH3 is 1. The van der Waals surface area contributed by atoms with Gasteiger partial charge in [-0.25, -0.2) is 4.39 Å². The third kappa shape index (κ3) is 3.01. The van der Waals surface area contributed by atoms with E-state index in [4.69, 9.17) is 4.74 Å². The molecule has 0 radical (unpaired) electrons. The fourth-order valence-corrected chi connectivity index (χ4v) is 2.55. The molecule has 0 saturated heterocycles. The van der Waals surface area contributed by atoms with E-state index in [1.807, 2.05) is 30.3 Å². The maximum Gasteiger partial charge on any atom is 0.255 e. The summed E-state index contributed by atoms with van der Waals surface area (Å²) in [6, 6.07) is 17.7. The Labute approximate surface area is 133 Å². The number of fused-ring (bicyclic) bond motifs is 1. The SMILES string of the molecule is COc1c(C(=O)NCc2ccccc2F)ccc2ccccc12. The van der Waals surface area contributed by atoms with E-state index in [9.17, 15) is 9.18 Å². The van der Waals surface area contributed by atoms with Gasteiger partial charge in [-0.2, -0.15) is 0 Å². The fourth-order valence-electron chi connectivity index (χ4n) is 2.55. The lowest BCUT2D eigenvalue weighted by Gasteiger charge is -2.12. The number of benzene rings is 3. The Balaban J connectivity index is 1.88. The van der Waals surface area contributed by atoms with Gasteiger partial charge in [0.15, 0.2) is 0 Å². The van der Waals surface area contributed by atoms with E-state index in [1.54, 1.807) is 24.3 Å². The Kier molecular flexibility index (Phi) is 4.24. The Morgan fingerprint density at radius 1 is 1.04 bits per heavy atom. The van der Waals surface area contributed by atoms with E-state index in [2.05, 4.69) is 5.32 Å². The first-order chi connectivity index (χ1) is 11.2. The normalized spacial score (nSPS) is 10.5. The second-order valence-electron chi connectivity index (χ2n) is 5.14. The van der Waals surface area contributed by atoms with Gasteiger partial charge in [0.25, 0.3) is 5.91 Å². The minimum atomic E-state index is -0.335. The minimum Gasteiger partial charge on any atom is -0.495 e. The first-order valence-electron chi connectivity index (χ1n) is 7.28. The van der Waals surface area contributed by atoms with Crippen molar-refractivity contribution in [2.75, 3.05) is 7.11 Å². The number of ether oxygens (including phenoxy) is 1. The predicted octanol–water partition coefficient (Wildman–Crippen LogP) is 3.92. The molecule has 23 heavy (non-hydrogen) atoms. The zero-order chi connectivity index (χ0) is 16.2. The molecule has 0 fully saturated rings. The molecule has 0 aliphatic carbocycles. The number of hydrogen-bond donors (Lipinski definition) is 1. The lowest BCUT2D eigenvalue weighted by Crippen LogP contribution is -2.23. The van der Waals surface area contributed by atoms with Crippen LogP contribution in [0.5, 0.6) is 5.75 Å². The van der Waals surface area contributed by atoms with Gasteiger partial charge in [0, 0.05) is 17.5 Å². The van der Waals surface area contributed by atoms with Crippen molar-refractivity contribution >= 4 is 16.7 Å². The van der Waals surface area contributed by atoms with Crippen molar-refractivity contribution in [2.24, 2.45) is 0 Å². The third-order valence-electron chi connectivity index (χ3n) is 3.73. The molecule has 3 rings (SSSR count). The highest BCUT2D eigenvalue weighted by molar-refractivity contribution is 6.03. The zero-order valence-electron chi connectivity index (χ0n) is 12.7. The van der Waals surface area contributed by atoms with E-state index < -0.39 is 0 Å². The van der Waals surface area contributed by atoms with Crippen LogP contribution in [0.25, 0.3) is 10.8 Å². The first kappa shape index (κ1) is 15.0. The van der Waals surface area contributed by atoms with E-state index in [-0.39, 0.29) is 18.3 Å². The zero-order valence-corrected chi connectivity index (χ0v) is 12.7. The summed E-state index contributed by atoms with van der Waals surface area (Å²) >= 11 is 0. The van der Waals surface area contributed by atoms with Gasteiger partial charge in [-0.15, -0.1) is 0 Å². The lowest BCUT2D eigenvalue weighted by molar-refractivity contribution is 0.0948. The molecule has 1 amide bonds. The molecule has 0 spiro atoms. The summed E-state index contributed by atoms with van der Waals surface area (Å²) in [5.74, 6) is -0.108. The predicted molar refractivity (Wildman–Crippen MR) is 88.1 cm³/mol. The molecule has 3 aromatic rings. The molecule has 116 valence electrons. The summed E-state index contributed by atoms with van der Waals surface area (Å²) < 4.78 is 19.0. The second-order valence-corrected chi connectivity index (χ2v) is 5.14. The van der Waals surface area contributed by atoms with Crippen LogP contribution in [0.4, 0.5) is 4.39 Å². The maximum absolute atomic E-state index is 13.6. The number of hydrogen-bond acceptors (Lipinski definition) is 2. The van der Waals surface area contributed by atoms with Gasteiger partial charge in [0.1, 0.15) is 11.6 Å². The van der Waals surface area contributed by atoms with Crippen LogP contribution in [0.3, 0.4) is 0 Å². The van der Waals surface area contributed by atoms with Gasteiger partial charge in [-0.05, 0) is 17.5 Å². The molecule has 0 aliphatic rings. The Bertz CT molecular complexity index is 861. The molecule has 0 aromatic heterocycles. The molecule has 4 heteroatoms. The second kappa shape index (κ2) is 6.48. The van der Waals surface area contributed by atoms with Gasteiger partial charge >= 0.3 is 0 Å². The van der Waals surface area contributed by atoms with Crippen molar-refractivity contribution in [1.82, 2.24) is 5.32 Å². The molecule has 1 N–H and O–H groups in total. The number of carbonyl (C=O) groups excluding carboxylic acids is 1. The van der Waals surface area contributed by atoms with Crippen LogP contribution in [0, 0.1) is 5.82 Å². The molecule has 0 heterocycles. The number of halogens is 1. The highest BCUT2D eigenvalue weighted by Crippen LogP contribution is 2.29. The molecular formula is C19H16FNO2. The van der Waals surface area contributed by atoms with Crippen molar-refractivity contribution in [3.63, 3.8) is 0 Å². The summed E-state index contributed by atoms with van der Waals surface area (Å²) in [6.07, 6.45) is 0. The molecular weight excluding hydrogens is 293 g/mol. The topological polar surface area (TPSA) is 38.3 Å². The summed E-state index contributed by atoms with van der Waals surface area (Å²) in [6.45, 7) is 0.126. The largest absolute Gasteiger partial charge is 0.495 e. The maximum atomic E-state index is 13.6. The highest BCUT2D eigenvalue weighted by Gasteiger charge is 2.15. The van der Waals surface area contributed by atoms with Crippen LogP contribution in [-0.2, 0) is 6.54 Å². The Morgan fingerprint density at radius 3 is 2.57 bits per heavy atom. The van der Waals surface area contributed by atoms with Gasteiger partial charge in [-0.3, -0.25) is 4.79 Å². The van der Waals surface area contributed by atoms with Gasteiger partial charge in [-0.1, -0.05) is 48.5 Å². The molecule has 0 saturated carbocycles. The van der Waals surface area contributed by atoms with E-state index in [1.165, 1.54) is 13.2 Å². The lowest BCUT2D eigenvalue weighted by atomic mass is 10.0. The number of carbonyl (C=O) groups is 1. The summed E-state index contributed by atoms with van der Waals surface area (Å²) in [4.78, 5) is 12.4. The van der Waals surface area contributed by atoms with E-state index in [0.29, 0.717) is 16.9 Å². The average Bonchev–Trinajstić information content (AvgIpc) is 2.59. The van der Waals surface area contributed by atoms with Gasteiger partial charge < -0.3 is 10.1 Å². The van der Waals surface area contributed by atoms with Crippen LogP contribution in [0.2, 0.25) is 0 Å². The molecule has 0 unspecified atom stereocenters. The van der Waals surface area contributed by atoms with Crippen molar-refractivity contribution in [2.45, 2.75) is 6.54 Å². The Morgan fingerprint density at radius 2 is 1.78 bits per heavy atom. The highest BCUT2D eigenvalue weighted by atomic mass is 19.1. The van der Waals surface area contributed by atoms with Gasteiger partial charge in [0.2, 0.25) is 0 Å². The summed E-state index contributed by atoms with van der Waals surface area (Å²) in [5, 5.41) is 4.60. The number of amides is 1. The van der Waals surface area contributed by atoms with Crippen molar-refractivity contribution < 1.29 is 13.9 Å². The van der Waals surface area contributed by atoms with Gasteiger partial charge in [0.05, 0.1) is 12.7 Å². The summed E-state index contributed by atoms with van der Waals surface area (Å²) in [7, 11) is 1.54. The third-order valence-corrected chi connectivity index (χ3v) is 3.73. The standard InChI is InChI=1S/C19H16FNO2/c1-23-18-15-8-4-2-6-13(15)10-11-16(18)19(22)21-12-14-7-3-5-9-17(14)20/h2-11H,12H2,1H3,(H,21,22). The van der Waals surface area contributed by atoms with E-state index >= 15 is 0 Å². The van der Waals surface area contributed by atoms with Crippen LogP contribution in [0.15, 0.2) is 60.7 Å². The average molecular weight is 309 g/mol.